The zero-order valence-electron chi connectivity index (χ0n) is 7.51. The first-order valence-electron chi connectivity index (χ1n) is 4.63. The van der Waals surface area contributed by atoms with E-state index in [0.717, 1.165) is 40.6 Å². The highest BCUT2D eigenvalue weighted by Crippen LogP contribution is 2.37. The number of nitrogens with one attached hydrogen (secondary N) is 1. The van der Waals surface area contributed by atoms with Crippen molar-refractivity contribution in [2.24, 2.45) is 0 Å². The van der Waals surface area contributed by atoms with Crippen LogP contribution in [0, 0.1) is 0 Å². The number of hydrogen-bond acceptors (Lipinski definition) is 2. The smallest absolute Gasteiger partial charge is 0.149 e. The summed E-state index contributed by atoms with van der Waals surface area (Å²) in [5, 5.41) is 8.10. The van der Waals surface area contributed by atoms with E-state index < -0.39 is 0 Å². The summed E-state index contributed by atoms with van der Waals surface area (Å²) in [6, 6.07) is 2.09. The van der Waals surface area contributed by atoms with Crippen molar-refractivity contribution in [3.05, 3.63) is 22.3 Å². The molecule has 0 radical (unpaired) electrons. The van der Waals surface area contributed by atoms with E-state index >= 15 is 0 Å². The lowest BCUT2D eigenvalue weighted by Crippen LogP contribution is -2.09. The number of rotatable bonds is 0. The monoisotopic (exact) mass is 252 g/mol. The van der Waals surface area contributed by atoms with Crippen LogP contribution in [0.3, 0.4) is 0 Å². The van der Waals surface area contributed by atoms with Gasteiger partial charge in [0, 0.05) is 15.4 Å². The van der Waals surface area contributed by atoms with Crippen LogP contribution in [0.1, 0.15) is 12.0 Å². The molecule has 1 aliphatic heterocycles. The largest absolute Gasteiger partial charge is 0.491 e. The Morgan fingerprint density at radius 2 is 2.43 bits per heavy atom. The molecule has 3 nitrogen and oxygen atoms in total. The van der Waals surface area contributed by atoms with E-state index in [1.807, 2.05) is 6.20 Å². The summed E-state index contributed by atoms with van der Waals surface area (Å²) in [4.78, 5) is 0. The summed E-state index contributed by atoms with van der Waals surface area (Å²) in [7, 11) is 0. The van der Waals surface area contributed by atoms with E-state index in [2.05, 4.69) is 32.2 Å². The maximum Gasteiger partial charge on any atom is 0.149 e. The Hall–Kier alpha value is -1.03. The molecule has 0 atom stereocenters. The lowest BCUT2D eigenvalue weighted by molar-refractivity contribution is 0.291. The number of hydrogen-bond donors (Lipinski definition) is 1. The third-order valence-electron chi connectivity index (χ3n) is 2.56. The molecule has 1 aromatic carbocycles. The summed E-state index contributed by atoms with van der Waals surface area (Å²) in [6.45, 7) is 0.803. The van der Waals surface area contributed by atoms with Gasteiger partial charge in [0.25, 0.3) is 0 Å². The van der Waals surface area contributed by atoms with Crippen molar-refractivity contribution < 1.29 is 4.74 Å². The second-order valence-corrected chi connectivity index (χ2v) is 4.31. The van der Waals surface area contributed by atoms with E-state index in [1.54, 1.807) is 0 Å². The van der Waals surface area contributed by atoms with Crippen LogP contribution in [-0.2, 0) is 6.42 Å². The van der Waals surface area contributed by atoms with Crippen molar-refractivity contribution in [2.75, 3.05) is 6.61 Å². The molecule has 14 heavy (non-hydrogen) atoms. The van der Waals surface area contributed by atoms with E-state index in [1.165, 1.54) is 5.56 Å². The van der Waals surface area contributed by atoms with Gasteiger partial charge >= 0.3 is 0 Å². The molecule has 2 heterocycles. The van der Waals surface area contributed by atoms with Crippen LogP contribution in [-0.4, -0.2) is 16.8 Å². The minimum absolute atomic E-state index is 0.803. The topological polar surface area (TPSA) is 37.9 Å². The second-order valence-electron chi connectivity index (χ2n) is 3.45. The van der Waals surface area contributed by atoms with Gasteiger partial charge in [-0.2, -0.15) is 5.10 Å². The molecule has 4 heteroatoms. The highest BCUT2D eigenvalue weighted by Gasteiger charge is 2.17. The van der Waals surface area contributed by atoms with Crippen LogP contribution >= 0.6 is 15.9 Å². The lowest BCUT2D eigenvalue weighted by atomic mass is 10.0. The number of benzene rings is 1. The normalized spacial score (nSPS) is 15.2. The number of fused-ring (bicyclic) bond motifs is 3. The first-order valence-corrected chi connectivity index (χ1v) is 5.43. The molecule has 3 rings (SSSR count). The summed E-state index contributed by atoms with van der Waals surface area (Å²) in [5.74, 6) is 0.970. The Balaban J connectivity index is 2.39. The van der Waals surface area contributed by atoms with Gasteiger partial charge in [-0.15, -0.1) is 0 Å². The average molecular weight is 253 g/mol. The highest BCUT2D eigenvalue weighted by atomic mass is 79.9. The van der Waals surface area contributed by atoms with Crippen LogP contribution in [0.25, 0.3) is 10.9 Å². The summed E-state index contributed by atoms with van der Waals surface area (Å²) >= 11 is 3.57. The molecule has 0 spiro atoms. The molecule has 1 aliphatic rings. The molecule has 1 N–H and O–H groups in total. The Kier molecular flexibility index (Phi) is 1.77. The SMILES string of the molecule is Brc1cc2cn[nH]c2c2c1CCCO2. The van der Waals surface area contributed by atoms with Crippen LogP contribution in [0.4, 0.5) is 0 Å². The van der Waals surface area contributed by atoms with E-state index in [-0.39, 0.29) is 0 Å². The fourth-order valence-electron chi connectivity index (χ4n) is 1.89. The molecule has 72 valence electrons. The Bertz CT molecular complexity index is 492. The third kappa shape index (κ3) is 1.07. The van der Waals surface area contributed by atoms with Crippen molar-refractivity contribution in [1.29, 1.82) is 0 Å². The summed E-state index contributed by atoms with van der Waals surface area (Å²) in [5.41, 5.74) is 2.27. The van der Waals surface area contributed by atoms with Crippen LogP contribution in [0.5, 0.6) is 5.75 Å². The van der Waals surface area contributed by atoms with E-state index in [9.17, 15) is 0 Å². The zero-order chi connectivity index (χ0) is 9.54. The molecule has 0 bridgehead atoms. The number of aromatic amines is 1. The fraction of sp³-hybridized carbons (Fsp3) is 0.300. The van der Waals surface area contributed by atoms with Gasteiger partial charge in [-0.05, 0) is 18.9 Å². The van der Waals surface area contributed by atoms with Gasteiger partial charge < -0.3 is 4.74 Å². The Morgan fingerprint density at radius 1 is 1.50 bits per heavy atom. The third-order valence-corrected chi connectivity index (χ3v) is 3.27. The molecule has 0 aliphatic carbocycles. The van der Waals surface area contributed by atoms with Crippen LogP contribution in [0.15, 0.2) is 16.7 Å². The van der Waals surface area contributed by atoms with Crippen molar-refractivity contribution in [1.82, 2.24) is 10.2 Å². The fourth-order valence-corrected chi connectivity index (χ4v) is 2.51. The maximum atomic E-state index is 5.67. The van der Waals surface area contributed by atoms with Crippen molar-refractivity contribution in [2.45, 2.75) is 12.8 Å². The lowest BCUT2D eigenvalue weighted by Gasteiger charge is -2.18. The van der Waals surface area contributed by atoms with Gasteiger partial charge in [-0.1, -0.05) is 15.9 Å². The molecule has 2 aromatic rings. The quantitative estimate of drug-likeness (QED) is 0.783. The van der Waals surface area contributed by atoms with Gasteiger partial charge in [-0.3, -0.25) is 5.10 Å². The molecule has 1 aromatic heterocycles. The predicted molar refractivity (Wildman–Crippen MR) is 57.6 cm³/mol. The minimum atomic E-state index is 0.803. The maximum absolute atomic E-state index is 5.67. The van der Waals surface area contributed by atoms with E-state index in [4.69, 9.17) is 4.74 Å². The van der Waals surface area contributed by atoms with Crippen molar-refractivity contribution in [3.63, 3.8) is 0 Å². The van der Waals surface area contributed by atoms with Crippen molar-refractivity contribution >= 4 is 26.8 Å². The molecule has 0 amide bonds. The summed E-state index contributed by atoms with van der Waals surface area (Å²) < 4.78 is 6.80. The van der Waals surface area contributed by atoms with Crippen LogP contribution < -0.4 is 4.74 Å². The molecule has 0 unspecified atom stereocenters. The molecular weight excluding hydrogens is 244 g/mol. The average Bonchev–Trinajstić information content (AvgIpc) is 2.66. The molecular formula is C10H9BrN2O. The number of ether oxygens (including phenoxy) is 1. The zero-order valence-corrected chi connectivity index (χ0v) is 9.10. The summed E-state index contributed by atoms with van der Waals surface area (Å²) in [6.07, 6.45) is 3.98. The van der Waals surface area contributed by atoms with Gasteiger partial charge in [0.15, 0.2) is 0 Å². The highest BCUT2D eigenvalue weighted by molar-refractivity contribution is 9.10. The minimum Gasteiger partial charge on any atom is -0.491 e. The number of nitrogens with zero attached hydrogens (tertiary/aromatic N) is 1. The number of aromatic nitrogens is 2. The van der Waals surface area contributed by atoms with Crippen molar-refractivity contribution in [3.8, 4) is 5.75 Å². The second kappa shape index (κ2) is 2.98. The Morgan fingerprint density at radius 3 is 3.36 bits per heavy atom. The van der Waals surface area contributed by atoms with Gasteiger partial charge in [0.05, 0.1) is 12.8 Å². The van der Waals surface area contributed by atoms with Gasteiger partial charge in [0.1, 0.15) is 11.3 Å². The number of halogens is 1. The van der Waals surface area contributed by atoms with Crippen LogP contribution in [0.2, 0.25) is 0 Å². The standard InChI is InChI=1S/C10H9BrN2O/c11-8-4-6-5-12-13-9(6)10-7(8)2-1-3-14-10/h4-5H,1-3H2,(H,12,13). The predicted octanol–water partition coefficient (Wildman–Crippen LogP) is 2.65. The van der Waals surface area contributed by atoms with Gasteiger partial charge in [0.2, 0.25) is 0 Å². The van der Waals surface area contributed by atoms with Gasteiger partial charge in [-0.25, -0.2) is 0 Å². The Labute approximate surface area is 89.6 Å². The molecule has 0 fully saturated rings. The first-order chi connectivity index (χ1) is 6.86. The molecule has 0 saturated heterocycles. The number of H-pyrrole nitrogens is 1. The first kappa shape index (κ1) is 8.29. The molecule has 0 saturated carbocycles. The van der Waals surface area contributed by atoms with E-state index in [0.29, 0.717) is 0 Å².